The predicted molar refractivity (Wildman–Crippen MR) is 124 cm³/mol. The minimum absolute atomic E-state index is 0.126. The molecule has 1 amide bonds. The molecule has 0 unspecified atom stereocenters. The number of amides is 1. The van der Waals surface area contributed by atoms with Crippen molar-refractivity contribution in [3.63, 3.8) is 0 Å². The number of hydrogen-bond acceptors (Lipinski definition) is 5. The van der Waals surface area contributed by atoms with Gasteiger partial charge in [0.2, 0.25) is 0 Å². The van der Waals surface area contributed by atoms with Gasteiger partial charge in [0, 0.05) is 22.6 Å². The Kier molecular flexibility index (Phi) is 6.56. The number of halogens is 4. The number of hydrogen-bond donors (Lipinski definition) is 2. The average molecular weight is 492 g/mol. The second-order valence-electron chi connectivity index (χ2n) is 7.76. The second kappa shape index (κ2) is 9.42. The van der Waals surface area contributed by atoms with Gasteiger partial charge >= 0.3 is 6.18 Å². The van der Waals surface area contributed by atoms with Crippen LogP contribution in [0.25, 0.3) is 0 Å². The van der Waals surface area contributed by atoms with Crippen LogP contribution in [0.5, 0.6) is 5.75 Å². The summed E-state index contributed by atoms with van der Waals surface area (Å²) < 4.78 is 50.1. The van der Waals surface area contributed by atoms with Crippen molar-refractivity contribution >= 4 is 34.6 Å². The molecule has 0 bridgehead atoms. The highest BCUT2D eigenvalue weighted by atomic mass is 35.5. The smallest absolute Gasteiger partial charge is 0.416 e. The number of methoxy groups -OCH3 is 1. The zero-order valence-corrected chi connectivity index (χ0v) is 19.1. The van der Waals surface area contributed by atoms with Crippen molar-refractivity contribution in [2.45, 2.75) is 32.4 Å². The van der Waals surface area contributed by atoms with Gasteiger partial charge < -0.3 is 14.5 Å². The number of benzene rings is 2. The van der Waals surface area contributed by atoms with Crippen molar-refractivity contribution in [1.29, 1.82) is 0 Å². The van der Waals surface area contributed by atoms with Gasteiger partial charge in [-0.25, -0.2) is 0 Å². The first-order valence-electron chi connectivity index (χ1n) is 10.4. The van der Waals surface area contributed by atoms with E-state index in [9.17, 15) is 18.0 Å². The van der Waals surface area contributed by atoms with Crippen LogP contribution in [-0.4, -0.2) is 18.7 Å². The van der Waals surface area contributed by atoms with E-state index in [2.05, 4.69) is 15.8 Å². The topological polar surface area (TPSA) is 75.9 Å². The molecule has 0 saturated carbocycles. The first kappa shape index (κ1) is 23.7. The predicted octanol–water partition coefficient (Wildman–Crippen LogP) is 6.67. The van der Waals surface area contributed by atoms with E-state index in [4.69, 9.17) is 20.8 Å². The third-order valence-corrected chi connectivity index (χ3v) is 5.69. The summed E-state index contributed by atoms with van der Waals surface area (Å²) in [7, 11) is 1.48. The molecule has 2 aromatic carbocycles. The fraction of sp³-hybridized carbons (Fsp3) is 0.250. The monoisotopic (exact) mass is 491 g/mol. The molecule has 1 aromatic heterocycles. The van der Waals surface area contributed by atoms with Crippen LogP contribution in [0, 0.1) is 6.92 Å². The van der Waals surface area contributed by atoms with E-state index in [1.54, 1.807) is 25.1 Å². The third-order valence-electron chi connectivity index (χ3n) is 5.45. The number of carbonyl (C=O) groups is 1. The molecule has 1 heterocycles. The standard InChI is InChI=1S/C24H21ClF3N3O3/c1-13-21-17(31-30-16-6-3-5-14(11-16)24(26,27)28)7-4-8-20(21)34-22(13)23(32)29-18-12-15(25)9-10-19(18)33-2/h3,5-6,9-12,30H,4,7-8H2,1-2H3,(H,29,32)/b31-17+. The van der Waals surface area contributed by atoms with Crippen LogP contribution in [0.1, 0.15) is 45.8 Å². The van der Waals surface area contributed by atoms with Crippen LogP contribution < -0.4 is 15.5 Å². The number of aryl methyl sites for hydroxylation is 1. The number of hydrazone groups is 1. The first-order valence-corrected chi connectivity index (χ1v) is 10.8. The number of nitrogens with one attached hydrogen (secondary N) is 2. The Balaban J connectivity index is 1.60. The number of alkyl halides is 3. The summed E-state index contributed by atoms with van der Waals surface area (Å²) in [5.74, 6) is 0.703. The van der Waals surface area contributed by atoms with Crippen molar-refractivity contribution in [1.82, 2.24) is 0 Å². The molecule has 0 radical (unpaired) electrons. The highest BCUT2D eigenvalue weighted by Crippen LogP contribution is 2.33. The average Bonchev–Trinajstić information content (AvgIpc) is 3.15. The summed E-state index contributed by atoms with van der Waals surface area (Å²) in [5, 5.41) is 7.53. The highest BCUT2D eigenvalue weighted by molar-refractivity contribution is 6.31. The van der Waals surface area contributed by atoms with E-state index < -0.39 is 17.6 Å². The van der Waals surface area contributed by atoms with E-state index in [-0.39, 0.29) is 11.4 Å². The first-order chi connectivity index (χ1) is 16.2. The van der Waals surface area contributed by atoms with Gasteiger partial charge in [0.25, 0.3) is 5.91 Å². The largest absolute Gasteiger partial charge is 0.495 e. The van der Waals surface area contributed by atoms with Crippen LogP contribution >= 0.6 is 11.6 Å². The van der Waals surface area contributed by atoms with Gasteiger partial charge in [0.15, 0.2) is 5.76 Å². The Hall–Kier alpha value is -3.46. The lowest BCUT2D eigenvalue weighted by Crippen LogP contribution is -2.15. The molecule has 3 aromatic rings. The van der Waals surface area contributed by atoms with E-state index in [0.29, 0.717) is 51.9 Å². The Morgan fingerprint density at radius 3 is 2.71 bits per heavy atom. The fourth-order valence-electron chi connectivity index (χ4n) is 3.85. The number of anilines is 2. The van der Waals surface area contributed by atoms with E-state index in [1.165, 1.54) is 19.2 Å². The molecular weight excluding hydrogens is 471 g/mol. The third kappa shape index (κ3) is 4.89. The number of furan rings is 1. The molecule has 6 nitrogen and oxygen atoms in total. The lowest BCUT2D eigenvalue weighted by atomic mass is 9.93. The normalized spacial score (nSPS) is 14.6. The van der Waals surface area contributed by atoms with Gasteiger partial charge in [-0.2, -0.15) is 18.3 Å². The van der Waals surface area contributed by atoms with Crippen molar-refractivity contribution in [3.05, 3.63) is 75.7 Å². The molecule has 0 atom stereocenters. The number of fused-ring (bicyclic) bond motifs is 1. The molecule has 178 valence electrons. The summed E-state index contributed by atoms with van der Waals surface area (Å²) >= 11 is 6.04. The van der Waals surface area contributed by atoms with Crippen molar-refractivity contribution in [2.75, 3.05) is 17.9 Å². The SMILES string of the molecule is COc1ccc(Cl)cc1NC(=O)c1oc2c(c1C)/C(=N/Nc1cccc(C(F)(F)F)c1)CCC2. The van der Waals surface area contributed by atoms with Gasteiger partial charge in [-0.05, 0) is 56.2 Å². The van der Waals surface area contributed by atoms with Gasteiger partial charge in [-0.3, -0.25) is 10.2 Å². The Labute approximate surface area is 198 Å². The maximum absolute atomic E-state index is 13.0. The van der Waals surface area contributed by atoms with Gasteiger partial charge in [0.1, 0.15) is 11.5 Å². The zero-order valence-electron chi connectivity index (χ0n) is 18.3. The van der Waals surface area contributed by atoms with E-state index >= 15 is 0 Å². The molecular formula is C24H21ClF3N3O3. The lowest BCUT2D eigenvalue weighted by molar-refractivity contribution is -0.137. The van der Waals surface area contributed by atoms with E-state index in [1.807, 2.05) is 0 Å². The summed E-state index contributed by atoms with van der Waals surface area (Å²) in [4.78, 5) is 13.0. The quantitative estimate of drug-likeness (QED) is 0.391. The van der Waals surface area contributed by atoms with Gasteiger partial charge in [-0.15, -0.1) is 0 Å². The number of carbonyl (C=O) groups excluding carboxylic acids is 1. The summed E-state index contributed by atoms with van der Waals surface area (Å²) in [5.41, 5.74) is 4.44. The second-order valence-corrected chi connectivity index (χ2v) is 8.19. The Morgan fingerprint density at radius 1 is 1.18 bits per heavy atom. The molecule has 0 spiro atoms. The maximum Gasteiger partial charge on any atom is 0.416 e. The van der Waals surface area contributed by atoms with Crippen LogP contribution in [0.3, 0.4) is 0 Å². The van der Waals surface area contributed by atoms with Crippen molar-refractivity contribution in [2.24, 2.45) is 5.10 Å². The maximum atomic E-state index is 13.0. The number of nitrogens with zero attached hydrogens (tertiary/aromatic N) is 1. The molecule has 34 heavy (non-hydrogen) atoms. The molecule has 10 heteroatoms. The van der Waals surface area contributed by atoms with Crippen molar-refractivity contribution < 1.29 is 27.1 Å². The highest BCUT2D eigenvalue weighted by Gasteiger charge is 2.31. The summed E-state index contributed by atoms with van der Waals surface area (Å²) in [6.07, 6.45) is -2.51. The van der Waals surface area contributed by atoms with Gasteiger partial charge in [0.05, 0.1) is 29.8 Å². The summed E-state index contributed by atoms with van der Waals surface area (Å²) in [6, 6.07) is 9.66. The van der Waals surface area contributed by atoms with Gasteiger partial charge in [-0.1, -0.05) is 17.7 Å². The fourth-order valence-corrected chi connectivity index (χ4v) is 4.02. The zero-order chi connectivity index (χ0) is 24.5. The molecule has 1 aliphatic carbocycles. The van der Waals surface area contributed by atoms with Crippen LogP contribution in [0.2, 0.25) is 5.02 Å². The lowest BCUT2D eigenvalue weighted by Gasteiger charge is -2.14. The van der Waals surface area contributed by atoms with Crippen LogP contribution in [0.15, 0.2) is 52.0 Å². The molecule has 0 saturated heterocycles. The molecule has 1 aliphatic rings. The van der Waals surface area contributed by atoms with E-state index in [0.717, 1.165) is 18.6 Å². The Bertz CT molecular complexity index is 1270. The number of rotatable bonds is 5. The number of ether oxygens (including phenoxy) is 1. The molecule has 0 aliphatic heterocycles. The van der Waals surface area contributed by atoms with Crippen molar-refractivity contribution in [3.8, 4) is 5.75 Å². The molecule has 2 N–H and O–H groups in total. The summed E-state index contributed by atoms with van der Waals surface area (Å²) in [6.45, 7) is 1.75. The minimum Gasteiger partial charge on any atom is -0.495 e. The minimum atomic E-state index is -4.45. The molecule has 0 fully saturated rings. The Morgan fingerprint density at radius 2 is 1.97 bits per heavy atom. The van der Waals surface area contributed by atoms with Crippen LogP contribution in [-0.2, 0) is 12.6 Å². The van der Waals surface area contributed by atoms with Crippen LogP contribution in [0.4, 0.5) is 24.5 Å². The molecule has 4 rings (SSSR count).